The van der Waals surface area contributed by atoms with E-state index < -0.39 is 0 Å². The first kappa shape index (κ1) is 14.2. The first-order chi connectivity index (χ1) is 11.3. The fourth-order valence-electron chi connectivity index (χ4n) is 2.57. The highest BCUT2D eigenvalue weighted by Crippen LogP contribution is 2.24. The van der Waals surface area contributed by atoms with E-state index in [4.69, 9.17) is 0 Å². The maximum atomic E-state index is 4.66. The summed E-state index contributed by atoms with van der Waals surface area (Å²) in [6, 6.07) is 20.4. The lowest BCUT2D eigenvalue weighted by molar-refractivity contribution is 0.789. The number of nitrogens with zero attached hydrogens (tertiary/aromatic N) is 3. The van der Waals surface area contributed by atoms with Crippen molar-refractivity contribution in [3.8, 4) is 22.8 Å². The summed E-state index contributed by atoms with van der Waals surface area (Å²) in [6.07, 6.45) is 4.10. The monoisotopic (exact) mass is 363 g/mol. The molecule has 0 radical (unpaired) electrons. The smallest absolute Gasteiger partial charge is 0.160 e. The Labute approximate surface area is 143 Å². The molecule has 0 amide bonds. The molecule has 0 fully saturated rings. The maximum Gasteiger partial charge on any atom is 0.160 e. The molecule has 0 N–H and O–H groups in total. The van der Waals surface area contributed by atoms with Crippen molar-refractivity contribution >= 4 is 15.9 Å². The van der Waals surface area contributed by atoms with Crippen LogP contribution >= 0.6 is 15.9 Å². The van der Waals surface area contributed by atoms with E-state index in [9.17, 15) is 0 Å². The molecule has 0 saturated carbocycles. The summed E-state index contributed by atoms with van der Waals surface area (Å²) in [5.74, 6) is 0.780. The summed E-state index contributed by atoms with van der Waals surface area (Å²) in [5, 5.41) is 0. The molecule has 2 aliphatic rings. The standard InChI is InChI=1S/C19H14BrN3/c20-16-8-6-14(7-9-16)12-23-11-10-17-18(13-23)22-19(21-17)15-4-2-1-3-5-15/h1-11,13H,12H2. The second-order valence-electron chi connectivity index (χ2n) is 5.43. The molecule has 23 heavy (non-hydrogen) atoms. The Morgan fingerprint density at radius 3 is 2.35 bits per heavy atom. The molecular weight excluding hydrogens is 350 g/mol. The van der Waals surface area contributed by atoms with Gasteiger partial charge in [0, 0.05) is 29.0 Å². The third-order valence-electron chi connectivity index (χ3n) is 3.74. The first-order valence-corrected chi connectivity index (χ1v) is 8.21. The lowest BCUT2D eigenvalue weighted by atomic mass is 10.2. The molecule has 3 nitrogen and oxygen atoms in total. The Morgan fingerprint density at radius 1 is 0.826 bits per heavy atom. The largest absolute Gasteiger partial charge is 0.348 e. The molecule has 0 aromatic heterocycles. The van der Waals surface area contributed by atoms with Crippen molar-refractivity contribution in [2.45, 2.75) is 6.54 Å². The Hall–Kier alpha value is -2.46. The SMILES string of the molecule is Brc1ccc(Cn2ccc3nc(-c4ccccc4)nc-3c2)cc1. The highest BCUT2D eigenvalue weighted by Gasteiger charge is 2.12. The zero-order valence-electron chi connectivity index (χ0n) is 12.4. The van der Waals surface area contributed by atoms with Gasteiger partial charge in [0.05, 0.1) is 5.69 Å². The fraction of sp³-hybridized carbons (Fsp3) is 0.0526. The molecule has 4 rings (SSSR count). The van der Waals surface area contributed by atoms with Crippen molar-refractivity contribution < 1.29 is 0 Å². The zero-order chi connectivity index (χ0) is 15.6. The Morgan fingerprint density at radius 2 is 1.57 bits per heavy atom. The molecule has 0 spiro atoms. The van der Waals surface area contributed by atoms with E-state index in [-0.39, 0.29) is 0 Å². The van der Waals surface area contributed by atoms with Crippen LogP contribution in [0, 0.1) is 0 Å². The van der Waals surface area contributed by atoms with Gasteiger partial charge < -0.3 is 4.57 Å². The molecule has 2 aromatic rings. The van der Waals surface area contributed by atoms with E-state index in [1.54, 1.807) is 0 Å². The van der Waals surface area contributed by atoms with Crippen molar-refractivity contribution in [3.63, 3.8) is 0 Å². The van der Waals surface area contributed by atoms with Crippen LogP contribution in [-0.2, 0) is 6.54 Å². The van der Waals surface area contributed by atoms with E-state index in [2.05, 4.69) is 60.9 Å². The summed E-state index contributed by atoms with van der Waals surface area (Å²) < 4.78 is 3.23. The van der Waals surface area contributed by atoms with E-state index in [1.165, 1.54) is 5.56 Å². The summed E-state index contributed by atoms with van der Waals surface area (Å²) in [5.41, 5.74) is 4.14. The number of benzene rings is 2. The molecule has 0 bridgehead atoms. The van der Waals surface area contributed by atoms with Gasteiger partial charge in [-0.2, -0.15) is 0 Å². The minimum Gasteiger partial charge on any atom is -0.348 e. The summed E-state index contributed by atoms with van der Waals surface area (Å²) in [4.78, 5) is 9.27. The number of aromatic nitrogens is 3. The maximum absolute atomic E-state index is 4.66. The number of pyridine rings is 1. The van der Waals surface area contributed by atoms with Gasteiger partial charge in [0.1, 0.15) is 5.69 Å². The van der Waals surface area contributed by atoms with Crippen molar-refractivity contribution in [3.05, 3.63) is 83.1 Å². The Bertz CT molecular complexity index is 898. The normalized spacial score (nSPS) is 11.0. The second kappa shape index (κ2) is 5.97. The molecule has 2 aromatic carbocycles. The fourth-order valence-corrected chi connectivity index (χ4v) is 2.83. The molecule has 0 saturated heterocycles. The number of rotatable bonds is 3. The number of hydrogen-bond donors (Lipinski definition) is 0. The summed E-state index contributed by atoms with van der Waals surface area (Å²) in [7, 11) is 0. The van der Waals surface area contributed by atoms with Crippen LogP contribution in [0.1, 0.15) is 5.56 Å². The predicted molar refractivity (Wildman–Crippen MR) is 95.3 cm³/mol. The van der Waals surface area contributed by atoms with Gasteiger partial charge in [0.25, 0.3) is 0 Å². The molecule has 112 valence electrons. The third kappa shape index (κ3) is 3.03. The van der Waals surface area contributed by atoms with Gasteiger partial charge in [-0.05, 0) is 23.8 Å². The van der Waals surface area contributed by atoms with Gasteiger partial charge >= 0.3 is 0 Å². The molecule has 0 aliphatic carbocycles. The highest BCUT2D eigenvalue weighted by molar-refractivity contribution is 9.10. The van der Waals surface area contributed by atoms with Crippen LogP contribution in [0.4, 0.5) is 0 Å². The molecule has 0 atom stereocenters. The van der Waals surface area contributed by atoms with Gasteiger partial charge in [0.2, 0.25) is 0 Å². The van der Waals surface area contributed by atoms with Crippen molar-refractivity contribution in [1.29, 1.82) is 0 Å². The van der Waals surface area contributed by atoms with Crippen LogP contribution in [0.5, 0.6) is 0 Å². The Balaban J connectivity index is 1.66. The number of halogens is 1. The summed E-state index contributed by atoms with van der Waals surface area (Å²) >= 11 is 3.46. The number of fused-ring (bicyclic) bond motifs is 1. The van der Waals surface area contributed by atoms with Gasteiger partial charge in [-0.1, -0.05) is 58.4 Å². The zero-order valence-corrected chi connectivity index (χ0v) is 13.9. The predicted octanol–water partition coefficient (Wildman–Crippen LogP) is 4.86. The van der Waals surface area contributed by atoms with Crippen LogP contribution in [0.2, 0.25) is 0 Å². The van der Waals surface area contributed by atoms with E-state index in [1.807, 2.05) is 42.6 Å². The van der Waals surface area contributed by atoms with Gasteiger partial charge in [-0.25, -0.2) is 9.97 Å². The second-order valence-corrected chi connectivity index (χ2v) is 6.34. The highest BCUT2D eigenvalue weighted by atomic mass is 79.9. The molecule has 2 heterocycles. The molecule has 0 unspecified atom stereocenters. The van der Waals surface area contributed by atoms with Gasteiger partial charge in [-0.15, -0.1) is 0 Å². The van der Waals surface area contributed by atoms with Crippen LogP contribution < -0.4 is 0 Å². The van der Waals surface area contributed by atoms with Gasteiger partial charge in [0.15, 0.2) is 5.82 Å². The molecule has 2 aliphatic heterocycles. The minimum atomic E-state index is 0.780. The van der Waals surface area contributed by atoms with E-state index in [0.717, 1.165) is 33.8 Å². The number of hydrogen-bond acceptors (Lipinski definition) is 2. The van der Waals surface area contributed by atoms with Crippen LogP contribution in [0.15, 0.2) is 77.5 Å². The molecule has 4 heteroatoms. The van der Waals surface area contributed by atoms with Crippen LogP contribution in [0.25, 0.3) is 22.8 Å². The number of imidazole rings is 1. The van der Waals surface area contributed by atoms with Crippen molar-refractivity contribution in [2.75, 3.05) is 0 Å². The van der Waals surface area contributed by atoms with Crippen LogP contribution in [-0.4, -0.2) is 14.5 Å². The summed E-state index contributed by atoms with van der Waals surface area (Å²) in [6.45, 7) is 0.816. The van der Waals surface area contributed by atoms with Crippen molar-refractivity contribution in [2.24, 2.45) is 0 Å². The topological polar surface area (TPSA) is 30.7 Å². The van der Waals surface area contributed by atoms with E-state index >= 15 is 0 Å². The van der Waals surface area contributed by atoms with Crippen LogP contribution in [0.3, 0.4) is 0 Å². The lowest BCUT2D eigenvalue weighted by Gasteiger charge is -2.08. The average molecular weight is 364 g/mol. The minimum absolute atomic E-state index is 0.780. The Kier molecular flexibility index (Phi) is 3.67. The first-order valence-electron chi connectivity index (χ1n) is 7.41. The average Bonchev–Trinajstić information content (AvgIpc) is 3.01. The lowest BCUT2D eigenvalue weighted by Crippen LogP contribution is -2.00. The quantitative estimate of drug-likeness (QED) is 0.520. The molecular formula is C19H14BrN3. The van der Waals surface area contributed by atoms with E-state index in [0.29, 0.717) is 0 Å². The third-order valence-corrected chi connectivity index (χ3v) is 4.27. The van der Waals surface area contributed by atoms with Crippen molar-refractivity contribution in [1.82, 2.24) is 14.5 Å². The van der Waals surface area contributed by atoms with Gasteiger partial charge in [-0.3, -0.25) is 0 Å².